The number of unbranched alkanes of at least 4 members (excludes halogenated alkanes) is 4. The summed E-state index contributed by atoms with van der Waals surface area (Å²) >= 11 is 0. The van der Waals surface area contributed by atoms with E-state index in [9.17, 15) is 0 Å². The molecule has 0 amide bonds. The van der Waals surface area contributed by atoms with Gasteiger partial charge in [0, 0.05) is 12.1 Å². The molecule has 0 radical (unpaired) electrons. The van der Waals surface area contributed by atoms with Crippen molar-refractivity contribution in [3.05, 3.63) is 0 Å². The van der Waals surface area contributed by atoms with E-state index in [-0.39, 0.29) is 0 Å². The maximum absolute atomic E-state index is 5.64. The highest BCUT2D eigenvalue weighted by molar-refractivity contribution is 4.75. The molecule has 32 heavy (non-hydrogen) atoms. The van der Waals surface area contributed by atoms with Crippen LogP contribution in [-0.4, -0.2) is 38.3 Å². The summed E-state index contributed by atoms with van der Waals surface area (Å²) in [6, 6.07) is 0.879. The lowest BCUT2D eigenvalue weighted by Gasteiger charge is -2.22. The molecule has 2 fully saturated rings. The van der Waals surface area contributed by atoms with E-state index in [0.29, 0.717) is 12.1 Å². The van der Waals surface area contributed by atoms with E-state index >= 15 is 0 Å². The van der Waals surface area contributed by atoms with Crippen molar-refractivity contribution in [3.8, 4) is 0 Å². The van der Waals surface area contributed by atoms with Gasteiger partial charge in [0.25, 0.3) is 0 Å². The van der Waals surface area contributed by atoms with Crippen LogP contribution in [0.5, 0.6) is 0 Å². The zero-order valence-corrected chi connectivity index (χ0v) is 21.8. The van der Waals surface area contributed by atoms with Gasteiger partial charge in [0.2, 0.25) is 0 Å². The van der Waals surface area contributed by atoms with Crippen molar-refractivity contribution in [1.82, 2.24) is 0 Å². The first-order valence-corrected chi connectivity index (χ1v) is 13.9. The van der Waals surface area contributed by atoms with E-state index in [1.54, 1.807) is 0 Å². The molecule has 0 aromatic rings. The summed E-state index contributed by atoms with van der Waals surface area (Å²) in [7, 11) is 0. The smallest absolute Gasteiger partial charge is 0.00399 e. The fourth-order valence-electron chi connectivity index (χ4n) is 3.91. The molecule has 0 spiro atoms. The molecule has 196 valence electrons. The maximum Gasteiger partial charge on any atom is 0.00399 e. The third-order valence-corrected chi connectivity index (χ3v) is 6.45. The van der Waals surface area contributed by atoms with Gasteiger partial charge in [0.05, 0.1) is 0 Å². The first-order chi connectivity index (χ1) is 15.5. The van der Waals surface area contributed by atoms with Gasteiger partial charge in [-0.2, -0.15) is 0 Å². The number of rotatable bonds is 11. The van der Waals surface area contributed by atoms with Crippen LogP contribution in [0.1, 0.15) is 122 Å². The van der Waals surface area contributed by atoms with E-state index in [2.05, 4.69) is 6.92 Å². The quantitative estimate of drug-likeness (QED) is 0.256. The predicted octanol–water partition coefficient (Wildman–Crippen LogP) is 4.12. The summed E-state index contributed by atoms with van der Waals surface area (Å²) in [4.78, 5) is 0. The summed E-state index contributed by atoms with van der Waals surface area (Å²) in [5.41, 5.74) is 32.7. The van der Waals surface area contributed by atoms with Gasteiger partial charge in [-0.05, 0) is 83.5 Å². The molecule has 0 aromatic carbocycles. The minimum atomic E-state index is 0.440. The van der Waals surface area contributed by atoms with Crippen LogP contribution in [0.15, 0.2) is 0 Å². The summed E-state index contributed by atoms with van der Waals surface area (Å²) in [6.45, 7) is 5.50. The van der Waals surface area contributed by atoms with E-state index in [4.69, 9.17) is 34.4 Å². The van der Waals surface area contributed by atoms with Crippen molar-refractivity contribution in [2.45, 2.75) is 135 Å². The molecule has 0 aliphatic heterocycles. The van der Waals surface area contributed by atoms with Crippen molar-refractivity contribution in [3.63, 3.8) is 0 Å². The van der Waals surface area contributed by atoms with Gasteiger partial charge in [0.1, 0.15) is 0 Å². The summed E-state index contributed by atoms with van der Waals surface area (Å²) < 4.78 is 0. The predicted molar refractivity (Wildman–Crippen MR) is 144 cm³/mol. The fraction of sp³-hybridized carbons (Fsp3) is 1.00. The van der Waals surface area contributed by atoms with Crippen LogP contribution in [0.25, 0.3) is 0 Å². The van der Waals surface area contributed by atoms with Gasteiger partial charge >= 0.3 is 0 Å². The van der Waals surface area contributed by atoms with Crippen molar-refractivity contribution < 1.29 is 0 Å². The van der Waals surface area contributed by atoms with Crippen LogP contribution < -0.4 is 34.4 Å². The molecule has 2 aliphatic rings. The van der Waals surface area contributed by atoms with Crippen molar-refractivity contribution in [2.24, 2.45) is 40.3 Å². The van der Waals surface area contributed by atoms with Gasteiger partial charge in [-0.1, -0.05) is 71.1 Å². The lowest BCUT2D eigenvalue weighted by molar-refractivity contribution is 0.395. The molecular formula is C26H62N6. The number of hydrogen-bond donors (Lipinski definition) is 6. The third kappa shape index (κ3) is 27.8. The summed E-state index contributed by atoms with van der Waals surface area (Å²) in [6.07, 6.45) is 23.2. The van der Waals surface area contributed by atoms with Crippen LogP contribution in [0.2, 0.25) is 0 Å². The molecular weight excluding hydrogens is 396 g/mol. The Hall–Kier alpha value is -0.240. The molecule has 2 aliphatic carbocycles. The standard InChI is InChI=1S/C8H20N2.C6H14N2.C6H16N2.C6H12/c1-2-8(7-10)5-3-4-6-9;7-5-1-2-6(8)4-3-5;7-5-3-1-2-4-6-8;1-2-4-6-5-3-1/h8H,2-7,9-10H2,1H3;5-6H,1-4,7-8H2;1-8H2;1-6H2. The molecule has 0 heterocycles. The lowest BCUT2D eigenvalue weighted by Crippen LogP contribution is -2.33. The molecule has 1 unspecified atom stereocenters. The molecule has 2 saturated carbocycles. The highest BCUT2D eigenvalue weighted by Gasteiger charge is 2.13. The van der Waals surface area contributed by atoms with Crippen LogP contribution in [0.4, 0.5) is 0 Å². The average molecular weight is 459 g/mol. The number of hydrogen-bond acceptors (Lipinski definition) is 6. The Bertz CT molecular complexity index is 286. The lowest BCUT2D eigenvalue weighted by atomic mass is 9.93. The monoisotopic (exact) mass is 459 g/mol. The van der Waals surface area contributed by atoms with Gasteiger partial charge in [0.15, 0.2) is 0 Å². The Morgan fingerprint density at radius 3 is 1.19 bits per heavy atom. The summed E-state index contributed by atoms with van der Waals surface area (Å²) in [5, 5.41) is 0. The molecule has 0 aromatic heterocycles. The van der Waals surface area contributed by atoms with Crippen molar-refractivity contribution in [2.75, 3.05) is 26.2 Å². The SMILES string of the molecule is C1CCCCC1.CCC(CN)CCCCN.NC1CCC(N)CC1.NCCCCCCN. The summed E-state index contributed by atoms with van der Waals surface area (Å²) in [5.74, 6) is 0.728. The van der Waals surface area contributed by atoms with E-state index in [0.717, 1.165) is 77.0 Å². The number of nitrogens with two attached hydrogens (primary N) is 6. The van der Waals surface area contributed by atoms with Gasteiger partial charge in [-0.25, -0.2) is 0 Å². The van der Waals surface area contributed by atoms with Crippen LogP contribution in [-0.2, 0) is 0 Å². The minimum absolute atomic E-state index is 0.440. The first kappa shape index (κ1) is 33.9. The zero-order valence-electron chi connectivity index (χ0n) is 21.8. The van der Waals surface area contributed by atoms with E-state index in [1.165, 1.54) is 70.6 Å². The topological polar surface area (TPSA) is 156 Å². The Balaban J connectivity index is 0. The molecule has 2 rings (SSSR count). The largest absolute Gasteiger partial charge is 0.330 e. The van der Waals surface area contributed by atoms with Gasteiger partial charge in [-0.3, -0.25) is 0 Å². The van der Waals surface area contributed by atoms with E-state index in [1.807, 2.05) is 0 Å². The zero-order chi connectivity index (χ0) is 24.3. The minimum Gasteiger partial charge on any atom is -0.330 e. The Morgan fingerprint density at radius 1 is 0.562 bits per heavy atom. The first-order valence-electron chi connectivity index (χ1n) is 13.9. The molecule has 1 atom stereocenters. The van der Waals surface area contributed by atoms with Gasteiger partial charge < -0.3 is 34.4 Å². The van der Waals surface area contributed by atoms with Gasteiger partial charge in [-0.15, -0.1) is 0 Å². The maximum atomic E-state index is 5.64. The molecule has 6 heteroatoms. The highest BCUT2D eigenvalue weighted by Crippen LogP contribution is 2.15. The van der Waals surface area contributed by atoms with Crippen LogP contribution in [0.3, 0.4) is 0 Å². The van der Waals surface area contributed by atoms with Crippen molar-refractivity contribution >= 4 is 0 Å². The Labute approximate surface area is 201 Å². The van der Waals surface area contributed by atoms with E-state index < -0.39 is 0 Å². The molecule has 6 nitrogen and oxygen atoms in total. The average Bonchev–Trinajstić information content (AvgIpc) is 2.84. The Kier molecular flexibility index (Phi) is 30.5. The Morgan fingerprint density at radius 2 is 0.906 bits per heavy atom. The molecule has 12 N–H and O–H groups in total. The normalized spacial score (nSPS) is 21.1. The van der Waals surface area contributed by atoms with Crippen molar-refractivity contribution in [1.29, 1.82) is 0 Å². The molecule has 0 bridgehead atoms. The second kappa shape index (κ2) is 28.8. The molecule has 0 saturated heterocycles. The second-order valence-electron chi connectivity index (χ2n) is 9.58. The van der Waals surface area contributed by atoms with Crippen LogP contribution in [0, 0.1) is 5.92 Å². The highest BCUT2D eigenvalue weighted by atomic mass is 14.7. The third-order valence-electron chi connectivity index (χ3n) is 6.45. The fourth-order valence-corrected chi connectivity index (χ4v) is 3.91. The second-order valence-corrected chi connectivity index (χ2v) is 9.58. The van der Waals surface area contributed by atoms with Crippen LogP contribution >= 0.6 is 0 Å².